The highest BCUT2D eigenvalue weighted by Crippen LogP contribution is 2.24. The van der Waals surface area contributed by atoms with Crippen molar-refractivity contribution in [2.75, 3.05) is 6.61 Å². The van der Waals surface area contributed by atoms with Crippen molar-refractivity contribution in [2.24, 2.45) is 0 Å². The molecule has 0 aromatic carbocycles. The molecular formula is C9H14OS. The third-order valence-electron chi connectivity index (χ3n) is 1.60. The van der Waals surface area contributed by atoms with Crippen LogP contribution in [0.4, 0.5) is 0 Å². The van der Waals surface area contributed by atoms with Gasteiger partial charge in [-0.25, -0.2) is 0 Å². The van der Waals surface area contributed by atoms with Gasteiger partial charge in [-0.15, -0.1) is 11.3 Å². The van der Waals surface area contributed by atoms with Gasteiger partial charge in [0.25, 0.3) is 0 Å². The summed E-state index contributed by atoms with van der Waals surface area (Å²) in [5.74, 6) is 0. The standard InChI is InChI=1S/C9H14OS/c1-3-8(10-4-2)9-6-5-7-11-9/h5-8H,3-4H2,1-2H3. The van der Waals surface area contributed by atoms with Crippen molar-refractivity contribution in [3.63, 3.8) is 0 Å². The first-order valence-corrected chi connectivity index (χ1v) is 4.91. The molecule has 11 heavy (non-hydrogen) atoms. The molecule has 1 rings (SSSR count). The van der Waals surface area contributed by atoms with Crippen molar-refractivity contribution in [2.45, 2.75) is 26.4 Å². The van der Waals surface area contributed by atoms with E-state index in [9.17, 15) is 0 Å². The summed E-state index contributed by atoms with van der Waals surface area (Å²) in [5, 5.41) is 2.09. The Hall–Kier alpha value is -0.340. The Bertz CT molecular complexity index is 181. The van der Waals surface area contributed by atoms with E-state index in [0.29, 0.717) is 6.10 Å². The van der Waals surface area contributed by atoms with E-state index in [-0.39, 0.29) is 0 Å². The Labute approximate surface area is 72.0 Å². The number of hydrogen-bond donors (Lipinski definition) is 0. The van der Waals surface area contributed by atoms with Crippen LogP contribution in [-0.4, -0.2) is 6.61 Å². The van der Waals surface area contributed by atoms with E-state index in [1.54, 1.807) is 11.3 Å². The molecule has 0 saturated heterocycles. The Morgan fingerprint density at radius 2 is 2.36 bits per heavy atom. The minimum absolute atomic E-state index is 0.319. The zero-order valence-corrected chi connectivity index (χ0v) is 7.86. The molecule has 0 saturated carbocycles. The Kier molecular flexibility index (Phi) is 3.60. The first kappa shape index (κ1) is 8.75. The lowest BCUT2D eigenvalue weighted by atomic mass is 10.2. The summed E-state index contributed by atoms with van der Waals surface area (Å²) < 4.78 is 5.55. The summed E-state index contributed by atoms with van der Waals surface area (Å²) in [6.45, 7) is 4.99. The highest BCUT2D eigenvalue weighted by atomic mass is 32.1. The summed E-state index contributed by atoms with van der Waals surface area (Å²) in [6.07, 6.45) is 1.38. The van der Waals surface area contributed by atoms with Crippen LogP contribution in [0.5, 0.6) is 0 Å². The largest absolute Gasteiger partial charge is 0.373 e. The third kappa shape index (κ3) is 2.31. The second kappa shape index (κ2) is 4.52. The zero-order chi connectivity index (χ0) is 8.10. The Morgan fingerprint density at radius 1 is 1.55 bits per heavy atom. The van der Waals surface area contributed by atoms with Crippen LogP contribution >= 0.6 is 11.3 Å². The van der Waals surface area contributed by atoms with Crippen molar-refractivity contribution >= 4 is 11.3 Å². The molecule has 1 unspecified atom stereocenters. The molecule has 1 heterocycles. The van der Waals surface area contributed by atoms with Gasteiger partial charge in [0.2, 0.25) is 0 Å². The van der Waals surface area contributed by atoms with E-state index in [0.717, 1.165) is 13.0 Å². The first-order chi connectivity index (χ1) is 5.38. The van der Waals surface area contributed by atoms with Crippen LogP contribution in [0.1, 0.15) is 31.2 Å². The molecular weight excluding hydrogens is 156 g/mol. The molecule has 2 heteroatoms. The summed E-state index contributed by atoms with van der Waals surface area (Å²) >= 11 is 1.77. The van der Waals surface area contributed by atoms with Crippen molar-refractivity contribution < 1.29 is 4.74 Å². The van der Waals surface area contributed by atoms with Crippen molar-refractivity contribution in [1.82, 2.24) is 0 Å². The molecule has 0 bridgehead atoms. The topological polar surface area (TPSA) is 9.23 Å². The second-order valence-corrected chi connectivity index (χ2v) is 3.35. The molecule has 0 radical (unpaired) electrons. The quantitative estimate of drug-likeness (QED) is 0.674. The second-order valence-electron chi connectivity index (χ2n) is 2.37. The van der Waals surface area contributed by atoms with Gasteiger partial charge in [-0.1, -0.05) is 13.0 Å². The molecule has 1 aromatic heterocycles. The lowest BCUT2D eigenvalue weighted by Gasteiger charge is -2.11. The maximum Gasteiger partial charge on any atom is 0.0913 e. The molecule has 1 atom stereocenters. The lowest BCUT2D eigenvalue weighted by Crippen LogP contribution is -1.99. The fourth-order valence-corrected chi connectivity index (χ4v) is 1.93. The van der Waals surface area contributed by atoms with Crippen LogP contribution in [0.2, 0.25) is 0 Å². The lowest BCUT2D eigenvalue weighted by molar-refractivity contribution is 0.0624. The number of rotatable bonds is 4. The minimum Gasteiger partial charge on any atom is -0.373 e. The van der Waals surface area contributed by atoms with Crippen LogP contribution in [0, 0.1) is 0 Å². The molecule has 62 valence electrons. The van der Waals surface area contributed by atoms with Crippen molar-refractivity contribution in [1.29, 1.82) is 0 Å². The van der Waals surface area contributed by atoms with E-state index in [1.807, 2.05) is 6.92 Å². The van der Waals surface area contributed by atoms with Gasteiger partial charge < -0.3 is 4.74 Å². The van der Waals surface area contributed by atoms with Crippen LogP contribution in [0.15, 0.2) is 17.5 Å². The first-order valence-electron chi connectivity index (χ1n) is 4.03. The average molecular weight is 170 g/mol. The van der Waals surface area contributed by atoms with Gasteiger partial charge in [0.15, 0.2) is 0 Å². The molecule has 1 nitrogen and oxygen atoms in total. The zero-order valence-electron chi connectivity index (χ0n) is 7.04. The molecule has 0 aliphatic heterocycles. The number of thiophene rings is 1. The van der Waals surface area contributed by atoms with E-state index in [4.69, 9.17) is 4.74 Å². The summed E-state index contributed by atoms with van der Waals surface area (Å²) in [7, 11) is 0. The molecule has 0 amide bonds. The summed E-state index contributed by atoms with van der Waals surface area (Å²) in [4.78, 5) is 1.34. The summed E-state index contributed by atoms with van der Waals surface area (Å²) in [5.41, 5.74) is 0. The van der Waals surface area contributed by atoms with Gasteiger partial charge in [0, 0.05) is 11.5 Å². The van der Waals surface area contributed by atoms with Crippen molar-refractivity contribution in [3.8, 4) is 0 Å². The van der Waals surface area contributed by atoms with Crippen molar-refractivity contribution in [3.05, 3.63) is 22.4 Å². The highest BCUT2D eigenvalue weighted by molar-refractivity contribution is 7.10. The minimum atomic E-state index is 0.319. The van der Waals surface area contributed by atoms with Crippen LogP contribution in [0.25, 0.3) is 0 Å². The van der Waals surface area contributed by atoms with E-state index < -0.39 is 0 Å². The maximum atomic E-state index is 5.55. The molecule has 0 spiro atoms. The predicted octanol–water partition coefficient (Wildman–Crippen LogP) is 3.24. The summed E-state index contributed by atoms with van der Waals surface area (Å²) in [6, 6.07) is 4.20. The van der Waals surface area contributed by atoms with E-state index in [2.05, 4.69) is 24.4 Å². The fraction of sp³-hybridized carbons (Fsp3) is 0.556. The SMILES string of the molecule is CCOC(CC)c1cccs1. The predicted molar refractivity (Wildman–Crippen MR) is 49.0 cm³/mol. The van der Waals surface area contributed by atoms with E-state index >= 15 is 0 Å². The normalized spacial score (nSPS) is 13.3. The van der Waals surface area contributed by atoms with Gasteiger partial charge in [-0.3, -0.25) is 0 Å². The van der Waals surface area contributed by atoms with Crippen LogP contribution < -0.4 is 0 Å². The molecule has 1 aromatic rings. The Morgan fingerprint density at radius 3 is 2.82 bits per heavy atom. The van der Waals surface area contributed by atoms with Gasteiger partial charge >= 0.3 is 0 Å². The Balaban J connectivity index is 2.56. The fourth-order valence-electron chi connectivity index (χ4n) is 1.08. The van der Waals surface area contributed by atoms with Gasteiger partial charge in [-0.2, -0.15) is 0 Å². The van der Waals surface area contributed by atoms with E-state index in [1.165, 1.54) is 4.88 Å². The third-order valence-corrected chi connectivity index (χ3v) is 2.56. The number of hydrogen-bond acceptors (Lipinski definition) is 2. The monoisotopic (exact) mass is 170 g/mol. The van der Waals surface area contributed by atoms with Crippen LogP contribution in [0.3, 0.4) is 0 Å². The molecule has 0 N–H and O–H groups in total. The van der Waals surface area contributed by atoms with Gasteiger partial charge in [0.1, 0.15) is 0 Å². The number of ether oxygens (including phenoxy) is 1. The molecule has 0 aliphatic carbocycles. The molecule has 0 fully saturated rings. The smallest absolute Gasteiger partial charge is 0.0913 e. The average Bonchev–Trinajstić information content (AvgIpc) is 2.52. The maximum absolute atomic E-state index is 5.55. The highest BCUT2D eigenvalue weighted by Gasteiger charge is 2.08. The van der Waals surface area contributed by atoms with Gasteiger partial charge in [-0.05, 0) is 24.8 Å². The molecule has 0 aliphatic rings. The van der Waals surface area contributed by atoms with Gasteiger partial charge in [0.05, 0.1) is 6.10 Å². The van der Waals surface area contributed by atoms with Crippen LogP contribution in [-0.2, 0) is 4.74 Å².